The summed E-state index contributed by atoms with van der Waals surface area (Å²) in [5.41, 5.74) is 1.95. The van der Waals surface area contributed by atoms with Crippen molar-refractivity contribution in [3.8, 4) is 0 Å². The van der Waals surface area contributed by atoms with Crippen LogP contribution in [0.1, 0.15) is 37.9 Å². The molecule has 0 saturated carbocycles. The molecule has 1 heterocycles. The van der Waals surface area contributed by atoms with Gasteiger partial charge in [0.15, 0.2) is 0 Å². The van der Waals surface area contributed by atoms with E-state index in [4.69, 9.17) is 16.6 Å². The van der Waals surface area contributed by atoms with Crippen molar-refractivity contribution in [3.63, 3.8) is 0 Å². The predicted molar refractivity (Wildman–Crippen MR) is 87.7 cm³/mol. The first-order valence-electron chi connectivity index (χ1n) is 6.24. The van der Waals surface area contributed by atoms with Gasteiger partial charge in [0, 0.05) is 5.41 Å². The maximum atomic E-state index is 6.23. The summed E-state index contributed by atoms with van der Waals surface area (Å²) in [6, 6.07) is 10.3. The highest BCUT2D eigenvalue weighted by Crippen LogP contribution is 2.31. The van der Waals surface area contributed by atoms with Gasteiger partial charge in [-0.2, -0.15) is 0 Å². The summed E-state index contributed by atoms with van der Waals surface area (Å²) in [6.45, 7) is 6.33. The molecule has 0 saturated heterocycles. The molecule has 0 aliphatic rings. The van der Waals surface area contributed by atoms with Gasteiger partial charge in [-0.15, -0.1) is 0 Å². The molecule has 0 N–H and O–H groups in total. The Morgan fingerprint density at radius 3 is 2.37 bits per heavy atom. The van der Waals surface area contributed by atoms with Crippen LogP contribution in [0.25, 0.3) is 0 Å². The first-order chi connectivity index (χ1) is 8.96. The summed E-state index contributed by atoms with van der Waals surface area (Å²) < 4.78 is 0.953. The lowest BCUT2D eigenvalue weighted by Gasteiger charge is -2.24. The molecule has 0 bridgehead atoms. The lowest BCUT2D eigenvalue weighted by molar-refractivity contribution is 0.584. The van der Waals surface area contributed by atoms with E-state index in [0.29, 0.717) is 5.15 Å². The summed E-state index contributed by atoms with van der Waals surface area (Å²) in [7, 11) is 0. The van der Waals surface area contributed by atoms with Crippen LogP contribution in [-0.2, 0) is 11.8 Å². The molecule has 2 aromatic rings. The quantitative estimate of drug-likeness (QED) is 0.568. The van der Waals surface area contributed by atoms with Crippen LogP contribution in [-0.4, -0.2) is 9.97 Å². The molecule has 1 aromatic heterocycles. The van der Waals surface area contributed by atoms with Gasteiger partial charge in [-0.3, -0.25) is 0 Å². The molecule has 0 amide bonds. The lowest BCUT2D eigenvalue weighted by atomic mass is 9.84. The van der Waals surface area contributed by atoms with Gasteiger partial charge in [-0.25, -0.2) is 9.97 Å². The van der Waals surface area contributed by atoms with Gasteiger partial charge >= 0.3 is 0 Å². The molecule has 0 atom stereocenters. The fourth-order valence-electron chi connectivity index (χ4n) is 1.96. The second-order valence-electron chi connectivity index (χ2n) is 4.94. The van der Waals surface area contributed by atoms with Crippen LogP contribution in [0.2, 0.25) is 5.15 Å². The fourth-order valence-corrected chi connectivity index (χ4v) is 2.77. The number of aryl methyl sites for hydroxylation is 1. The van der Waals surface area contributed by atoms with Gasteiger partial charge in [0.2, 0.25) is 0 Å². The standard InChI is InChI=1S/C15H16ClIN2/c1-4-11-12(17)13(16)19-14(18-11)15(2,3)10-8-6-5-7-9-10/h5-9H,4H2,1-3H3. The van der Waals surface area contributed by atoms with Crippen LogP contribution in [0.15, 0.2) is 30.3 Å². The normalized spacial score (nSPS) is 11.6. The minimum Gasteiger partial charge on any atom is -0.236 e. The zero-order chi connectivity index (χ0) is 14.0. The van der Waals surface area contributed by atoms with E-state index in [9.17, 15) is 0 Å². The molecule has 0 spiro atoms. The largest absolute Gasteiger partial charge is 0.236 e. The van der Waals surface area contributed by atoms with Crippen LogP contribution in [0.5, 0.6) is 0 Å². The van der Waals surface area contributed by atoms with E-state index in [1.807, 2.05) is 18.2 Å². The predicted octanol–water partition coefficient (Wildman–Crippen LogP) is 4.62. The Morgan fingerprint density at radius 1 is 1.16 bits per heavy atom. The highest BCUT2D eigenvalue weighted by Gasteiger charge is 2.27. The van der Waals surface area contributed by atoms with Crippen LogP contribution >= 0.6 is 34.2 Å². The minimum absolute atomic E-state index is 0.251. The average molecular weight is 387 g/mol. The molecular weight excluding hydrogens is 371 g/mol. The van der Waals surface area contributed by atoms with E-state index >= 15 is 0 Å². The van der Waals surface area contributed by atoms with Crippen molar-refractivity contribution in [2.24, 2.45) is 0 Å². The molecule has 0 fully saturated rings. The molecule has 2 rings (SSSR count). The first-order valence-corrected chi connectivity index (χ1v) is 7.70. The van der Waals surface area contributed by atoms with Gasteiger partial charge in [0.1, 0.15) is 11.0 Å². The van der Waals surface area contributed by atoms with Crippen LogP contribution < -0.4 is 0 Å². The molecule has 0 aliphatic carbocycles. The van der Waals surface area contributed by atoms with Gasteiger partial charge in [-0.1, -0.05) is 48.9 Å². The van der Waals surface area contributed by atoms with E-state index in [2.05, 4.69) is 60.5 Å². The topological polar surface area (TPSA) is 25.8 Å². The molecule has 0 aliphatic heterocycles. The number of rotatable bonds is 3. The van der Waals surface area contributed by atoms with Crippen LogP contribution in [0.4, 0.5) is 0 Å². The SMILES string of the molecule is CCc1nc(C(C)(C)c2ccccc2)nc(Cl)c1I. The fraction of sp³-hybridized carbons (Fsp3) is 0.333. The van der Waals surface area contributed by atoms with Gasteiger partial charge < -0.3 is 0 Å². The van der Waals surface area contributed by atoms with E-state index in [1.165, 1.54) is 5.56 Å². The molecule has 100 valence electrons. The van der Waals surface area contributed by atoms with Gasteiger partial charge in [-0.05, 0) is 48.4 Å². The highest BCUT2D eigenvalue weighted by molar-refractivity contribution is 14.1. The Bertz CT molecular complexity index is 582. The number of aromatic nitrogens is 2. The Kier molecular flexibility index (Phi) is 4.46. The van der Waals surface area contributed by atoms with Crippen molar-refractivity contribution in [1.82, 2.24) is 9.97 Å². The van der Waals surface area contributed by atoms with Crippen LogP contribution in [0, 0.1) is 3.57 Å². The second-order valence-corrected chi connectivity index (χ2v) is 6.38. The van der Waals surface area contributed by atoms with Crippen molar-refractivity contribution < 1.29 is 0 Å². The zero-order valence-corrected chi connectivity index (χ0v) is 14.2. The summed E-state index contributed by atoms with van der Waals surface area (Å²) in [5, 5.41) is 0.548. The monoisotopic (exact) mass is 386 g/mol. The smallest absolute Gasteiger partial charge is 0.146 e. The number of hydrogen-bond acceptors (Lipinski definition) is 2. The number of halogens is 2. The summed E-state index contributed by atoms with van der Waals surface area (Å²) >= 11 is 8.44. The third-order valence-electron chi connectivity index (χ3n) is 3.27. The van der Waals surface area contributed by atoms with Crippen molar-refractivity contribution in [3.05, 3.63) is 56.1 Å². The maximum Gasteiger partial charge on any atom is 0.146 e. The first kappa shape index (κ1) is 14.7. The highest BCUT2D eigenvalue weighted by atomic mass is 127. The third-order valence-corrected chi connectivity index (χ3v) is 4.99. The molecule has 2 nitrogen and oxygen atoms in total. The number of benzene rings is 1. The second kappa shape index (κ2) is 5.75. The third kappa shape index (κ3) is 2.92. The van der Waals surface area contributed by atoms with E-state index in [0.717, 1.165) is 21.5 Å². The molecule has 0 unspecified atom stereocenters. The average Bonchev–Trinajstić information content (AvgIpc) is 2.42. The summed E-state index contributed by atoms with van der Waals surface area (Å²) in [5.74, 6) is 0.779. The lowest BCUT2D eigenvalue weighted by Crippen LogP contribution is -2.23. The molecule has 19 heavy (non-hydrogen) atoms. The number of hydrogen-bond donors (Lipinski definition) is 0. The molecular formula is C15H16ClIN2. The van der Waals surface area contributed by atoms with Crippen molar-refractivity contribution in [2.75, 3.05) is 0 Å². The van der Waals surface area contributed by atoms with E-state index < -0.39 is 0 Å². The number of nitrogens with zero attached hydrogens (tertiary/aromatic N) is 2. The Hall–Kier alpha value is -0.680. The van der Waals surface area contributed by atoms with Crippen molar-refractivity contribution >= 4 is 34.2 Å². The van der Waals surface area contributed by atoms with E-state index in [-0.39, 0.29) is 5.41 Å². The summed E-state index contributed by atoms with van der Waals surface area (Å²) in [6.07, 6.45) is 0.860. The maximum absolute atomic E-state index is 6.23. The van der Waals surface area contributed by atoms with Gasteiger partial charge in [0.05, 0.1) is 9.26 Å². The zero-order valence-electron chi connectivity index (χ0n) is 11.2. The van der Waals surface area contributed by atoms with Gasteiger partial charge in [0.25, 0.3) is 0 Å². The van der Waals surface area contributed by atoms with Crippen LogP contribution in [0.3, 0.4) is 0 Å². The molecule has 4 heteroatoms. The Labute approximate surface area is 132 Å². The molecule has 0 radical (unpaired) electrons. The summed E-state index contributed by atoms with van der Waals surface area (Å²) in [4.78, 5) is 9.17. The van der Waals surface area contributed by atoms with Crippen molar-refractivity contribution in [2.45, 2.75) is 32.6 Å². The van der Waals surface area contributed by atoms with Crippen molar-refractivity contribution in [1.29, 1.82) is 0 Å². The minimum atomic E-state index is -0.251. The Balaban J connectivity index is 2.55. The molecule has 1 aromatic carbocycles. The van der Waals surface area contributed by atoms with E-state index in [1.54, 1.807) is 0 Å². The Morgan fingerprint density at radius 2 is 1.79 bits per heavy atom.